The van der Waals surface area contributed by atoms with Gasteiger partial charge < -0.3 is 10.2 Å². The number of rotatable bonds is 5. The fourth-order valence-corrected chi connectivity index (χ4v) is 2.51. The van der Waals surface area contributed by atoms with Crippen LogP contribution in [0.25, 0.3) is 0 Å². The van der Waals surface area contributed by atoms with Crippen LogP contribution >= 0.6 is 23.4 Å². The topological polar surface area (TPSA) is 71.3 Å². The second kappa shape index (κ2) is 7.33. The lowest BCUT2D eigenvalue weighted by molar-refractivity contribution is -0.404. The van der Waals surface area contributed by atoms with Gasteiger partial charge in [0.15, 0.2) is 5.82 Å². The SMILES string of the molecule is CS/C=C/[C@@H]1CN/C(=C/[N+](=O)[O-])N1Cc1ccc(Cl)nc1. The Hall–Kier alpha value is -1.73. The molecule has 1 aromatic heterocycles. The van der Waals surface area contributed by atoms with Crippen LogP contribution in [0.5, 0.6) is 0 Å². The van der Waals surface area contributed by atoms with E-state index in [0.29, 0.717) is 24.1 Å². The number of pyridine rings is 1. The molecule has 1 saturated heterocycles. The first-order valence-electron chi connectivity index (χ1n) is 6.26. The summed E-state index contributed by atoms with van der Waals surface area (Å²) in [6, 6.07) is 3.65. The van der Waals surface area contributed by atoms with Crippen molar-refractivity contribution in [2.45, 2.75) is 12.6 Å². The smallest absolute Gasteiger partial charge is 0.274 e. The molecule has 0 saturated carbocycles. The van der Waals surface area contributed by atoms with Gasteiger partial charge in [0.2, 0.25) is 0 Å². The van der Waals surface area contributed by atoms with Gasteiger partial charge in [-0.3, -0.25) is 10.1 Å². The number of halogens is 1. The van der Waals surface area contributed by atoms with Crippen molar-refractivity contribution < 1.29 is 4.92 Å². The zero-order valence-corrected chi connectivity index (χ0v) is 13.0. The summed E-state index contributed by atoms with van der Waals surface area (Å²) in [5.41, 5.74) is 0.944. The fourth-order valence-electron chi connectivity index (χ4n) is 2.06. The van der Waals surface area contributed by atoms with Crippen LogP contribution < -0.4 is 5.32 Å². The average molecular weight is 327 g/mol. The number of nitrogens with one attached hydrogen (secondary N) is 1. The zero-order valence-electron chi connectivity index (χ0n) is 11.4. The lowest BCUT2D eigenvalue weighted by Crippen LogP contribution is -2.28. The Labute approximate surface area is 132 Å². The number of nitro groups is 1. The summed E-state index contributed by atoms with van der Waals surface area (Å²) in [7, 11) is 0. The van der Waals surface area contributed by atoms with Gasteiger partial charge >= 0.3 is 0 Å². The van der Waals surface area contributed by atoms with Crippen molar-refractivity contribution in [3.8, 4) is 0 Å². The molecule has 0 amide bonds. The van der Waals surface area contributed by atoms with Gasteiger partial charge in [0.1, 0.15) is 5.15 Å². The van der Waals surface area contributed by atoms with Crippen LogP contribution in [0.1, 0.15) is 5.56 Å². The fraction of sp³-hybridized carbons (Fsp3) is 0.308. The molecule has 1 aliphatic heterocycles. The van der Waals surface area contributed by atoms with Crippen molar-refractivity contribution in [1.29, 1.82) is 0 Å². The lowest BCUT2D eigenvalue weighted by atomic mass is 10.2. The summed E-state index contributed by atoms with van der Waals surface area (Å²) in [6.07, 6.45) is 6.68. The summed E-state index contributed by atoms with van der Waals surface area (Å²) in [5, 5.41) is 16.2. The van der Waals surface area contributed by atoms with Crippen LogP contribution in [0, 0.1) is 10.1 Å². The molecule has 0 spiro atoms. The molecule has 8 heteroatoms. The third kappa shape index (κ3) is 4.37. The third-order valence-electron chi connectivity index (χ3n) is 3.01. The molecule has 1 N–H and O–H groups in total. The molecule has 0 radical (unpaired) electrons. The molecule has 1 aromatic rings. The Balaban J connectivity index is 2.20. The summed E-state index contributed by atoms with van der Waals surface area (Å²) >= 11 is 7.37. The Morgan fingerprint density at radius 1 is 1.67 bits per heavy atom. The number of aromatic nitrogens is 1. The van der Waals surface area contributed by atoms with Gasteiger partial charge in [-0.15, -0.1) is 11.8 Å². The highest BCUT2D eigenvalue weighted by atomic mass is 35.5. The quantitative estimate of drug-likeness (QED) is 0.509. The summed E-state index contributed by atoms with van der Waals surface area (Å²) in [4.78, 5) is 16.3. The molecule has 0 aromatic carbocycles. The number of hydrogen-bond donors (Lipinski definition) is 1. The average Bonchev–Trinajstić information content (AvgIpc) is 2.81. The normalized spacial score (nSPS) is 20.2. The molecule has 1 atom stereocenters. The highest BCUT2D eigenvalue weighted by molar-refractivity contribution is 8.01. The Morgan fingerprint density at radius 3 is 3.10 bits per heavy atom. The molecular formula is C13H15ClN4O2S. The van der Waals surface area contributed by atoms with E-state index in [1.54, 1.807) is 24.0 Å². The number of thioether (sulfide) groups is 1. The maximum atomic E-state index is 10.7. The van der Waals surface area contributed by atoms with Crippen LogP contribution in [0.4, 0.5) is 0 Å². The summed E-state index contributed by atoms with van der Waals surface area (Å²) < 4.78 is 0. The molecule has 1 aliphatic rings. The lowest BCUT2D eigenvalue weighted by Gasteiger charge is -2.22. The molecular weight excluding hydrogens is 312 g/mol. The molecule has 1 fully saturated rings. The van der Waals surface area contributed by atoms with E-state index in [0.717, 1.165) is 11.8 Å². The maximum Gasteiger partial charge on any atom is 0.274 e. The molecule has 0 aliphatic carbocycles. The molecule has 2 rings (SSSR count). The van der Waals surface area contributed by atoms with Gasteiger partial charge in [0.25, 0.3) is 6.20 Å². The first-order chi connectivity index (χ1) is 10.1. The van der Waals surface area contributed by atoms with Crippen molar-refractivity contribution in [3.63, 3.8) is 0 Å². The van der Waals surface area contributed by atoms with E-state index in [-0.39, 0.29) is 6.04 Å². The van der Waals surface area contributed by atoms with E-state index in [9.17, 15) is 10.1 Å². The Morgan fingerprint density at radius 2 is 2.48 bits per heavy atom. The Kier molecular flexibility index (Phi) is 5.46. The Bertz CT molecular complexity index is 562. The van der Waals surface area contributed by atoms with E-state index in [4.69, 9.17) is 11.6 Å². The number of nitrogens with zero attached hydrogens (tertiary/aromatic N) is 3. The monoisotopic (exact) mass is 326 g/mol. The van der Waals surface area contributed by atoms with E-state index in [1.807, 2.05) is 28.7 Å². The standard InChI is InChI=1S/C13H15ClN4O2S/c1-21-5-4-11-7-16-13(9-18(19)20)17(11)8-10-2-3-12(14)15-6-10/h2-6,9,11,16H,7-8H2,1H3/b5-4+,13-9-/t11-/m1/s1. The van der Waals surface area contributed by atoms with Crippen molar-refractivity contribution in [3.05, 3.63) is 62.7 Å². The van der Waals surface area contributed by atoms with Gasteiger partial charge in [-0.25, -0.2) is 4.98 Å². The third-order valence-corrected chi connectivity index (χ3v) is 3.66. The highest BCUT2D eigenvalue weighted by Crippen LogP contribution is 2.20. The van der Waals surface area contributed by atoms with Gasteiger partial charge in [0, 0.05) is 19.3 Å². The van der Waals surface area contributed by atoms with Crippen LogP contribution in [-0.4, -0.2) is 33.6 Å². The van der Waals surface area contributed by atoms with E-state index in [1.165, 1.54) is 0 Å². The molecule has 6 nitrogen and oxygen atoms in total. The van der Waals surface area contributed by atoms with E-state index >= 15 is 0 Å². The highest BCUT2D eigenvalue weighted by Gasteiger charge is 2.28. The van der Waals surface area contributed by atoms with E-state index < -0.39 is 4.92 Å². The minimum absolute atomic E-state index is 0.0688. The first kappa shape index (κ1) is 15.7. The van der Waals surface area contributed by atoms with E-state index in [2.05, 4.69) is 10.3 Å². The molecule has 0 unspecified atom stereocenters. The number of hydrogen-bond acceptors (Lipinski definition) is 6. The molecule has 0 bridgehead atoms. The summed E-state index contributed by atoms with van der Waals surface area (Å²) in [6.45, 7) is 1.16. The summed E-state index contributed by atoms with van der Waals surface area (Å²) in [5.74, 6) is 0.505. The largest absolute Gasteiger partial charge is 0.364 e. The van der Waals surface area contributed by atoms with Gasteiger partial charge in [0.05, 0.1) is 11.0 Å². The second-order valence-corrected chi connectivity index (χ2v) is 5.56. The van der Waals surface area contributed by atoms with Crippen LogP contribution in [-0.2, 0) is 6.54 Å². The molecule has 112 valence electrons. The van der Waals surface area contributed by atoms with Gasteiger partial charge in [-0.1, -0.05) is 23.7 Å². The maximum absolute atomic E-state index is 10.7. The predicted octanol–water partition coefficient (Wildman–Crippen LogP) is 2.46. The van der Waals surface area contributed by atoms with Crippen LogP contribution in [0.15, 0.2) is 41.8 Å². The van der Waals surface area contributed by atoms with Crippen molar-refractivity contribution in [1.82, 2.24) is 15.2 Å². The van der Waals surface area contributed by atoms with Crippen LogP contribution in [0.3, 0.4) is 0 Å². The molecule has 2 heterocycles. The van der Waals surface area contributed by atoms with Crippen molar-refractivity contribution in [2.75, 3.05) is 12.8 Å². The second-order valence-electron chi connectivity index (χ2n) is 4.43. The molecule has 21 heavy (non-hydrogen) atoms. The zero-order chi connectivity index (χ0) is 15.2. The predicted molar refractivity (Wildman–Crippen MR) is 84.3 cm³/mol. The van der Waals surface area contributed by atoms with Crippen LogP contribution in [0.2, 0.25) is 5.15 Å². The van der Waals surface area contributed by atoms with Crippen molar-refractivity contribution in [2.24, 2.45) is 0 Å². The first-order valence-corrected chi connectivity index (χ1v) is 7.92. The minimum atomic E-state index is -0.448. The minimum Gasteiger partial charge on any atom is -0.364 e. The van der Waals surface area contributed by atoms with Gasteiger partial charge in [-0.2, -0.15) is 0 Å². The van der Waals surface area contributed by atoms with Crippen molar-refractivity contribution >= 4 is 23.4 Å². The van der Waals surface area contributed by atoms with Gasteiger partial charge in [-0.05, 0) is 23.3 Å².